The highest BCUT2D eigenvalue weighted by atomic mass is 32.2. The first-order chi connectivity index (χ1) is 12.0. The lowest BCUT2D eigenvalue weighted by atomic mass is 9.96. The van der Waals surface area contributed by atoms with Crippen LogP contribution in [-0.2, 0) is 27.8 Å². The lowest BCUT2D eigenvalue weighted by molar-refractivity contribution is -0.122. The van der Waals surface area contributed by atoms with E-state index in [9.17, 15) is 13.2 Å². The van der Waals surface area contributed by atoms with Crippen LogP contribution in [0.4, 0.5) is 0 Å². The average molecular weight is 374 g/mol. The zero-order valence-corrected chi connectivity index (χ0v) is 14.6. The smallest absolute Gasteiger partial charge is 0.246 e. The van der Waals surface area contributed by atoms with Gasteiger partial charge in [-0.15, -0.1) is 0 Å². The van der Waals surface area contributed by atoms with Gasteiger partial charge in [-0.1, -0.05) is 30.3 Å². The fraction of sp³-hybridized carbons (Fsp3) is 0.188. The van der Waals surface area contributed by atoms with Gasteiger partial charge < -0.3 is 5.73 Å². The van der Waals surface area contributed by atoms with E-state index >= 15 is 0 Å². The molecule has 0 aliphatic carbocycles. The van der Waals surface area contributed by atoms with Crippen LogP contribution >= 0.6 is 11.7 Å². The Morgan fingerprint density at radius 3 is 2.64 bits per heavy atom. The molecule has 2 heterocycles. The van der Waals surface area contributed by atoms with E-state index in [1.165, 1.54) is 10.4 Å². The number of hydrogen-bond donors (Lipinski definition) is 1. The molecule has 25 heavy (non-hydrogen) atoms. The van der Waals surface area contributed by atoms with E-state index in [-0.39, 0.29) is 17.9 Å². The molecule has 0 radical (unpaired) electrons. The Balaban J connectivity index is 1.86. The number of nitrogens with zero attached hydrogens (tertiary/aromatic N) is 3. The standard InChI is InChI=1S/C16H14N4O3S2/c17-16(21)13-8-10-4-1-2-5-11(10)9-20(13)25(22,23)14-7-3-6-12-15(14)19-24-18-12/h1-7,13H,8-9H2,(H2,17,21). The van der Waals surface area contributed by atoms with Gasteiger partial charge in [-0.2, -0.15) is 13.1 Å². The number of rotatable bonds is 3. The first-order valence-corrected chi connectivity index (χ1v) is 9.75. The fourth-order valence-electron chi connectivity index (χ4n) is 3.11. The van der Waals surface area contributed by atoms with E-state index < -0.39 is 22.0 Å². The van der Waals surface area contributed by atoms with Crippen LogP contribution in [0.25, 0.3) is 11.0 Å². The molecule has 1 atom stereocenters. The zero-order chi connectivity index (χ0) is 17.6. The summed E-state index contributed by atoms with van der Waals surface area (Å²) < 4.78 is 35.9. The molecule has 3 aromatic rings. The number of amides is 1. The van der Waals surface area contributed by atoms with E-state index in [2.05, 4.69) is 8.75 Å². The van der Waals surface area contributed by atoms with E-state index in [0.717, 1.165) is 22.9 Å². The molecule has 0 saturated carbocycles. The van der Waals surface area contributed by atoms with Crippen molar-refractivity contribution in [2.24, 2.45) is 5.73 Å². The number of carbonyl (C=O) groups is 1. The summed E-state index contributed by atoms with van der Waals surface area (Å²) in [5.74, 6) is -0.665. The third kappa shape index (κ3) is 2.60. The largest absolute Gasteiger partial charge is 0.368 e. The number of primary amides is 1. The average Bonchev–Trinajstić information content (AvgIpc) is 3.09. The molecule has 4 rings (SSSR count). The maximum absolute atomic E-state index is 13.3. The van der Waals surface area contributed by atoms with Crippen molar-refractivity contribution < 1.29 is 13.2 Å². The van der Waals surface area contributed by atoms with Crippen molar-refractivity contribution in [3.05, 3.63) is 53.6 Å². The van der Waals surface area contributed by atoms with Gasteiger partial charge in [-0.3, -0.25) is 4.79 Å². The maximum Gasteiger partial charge on any atom is 0.246 e. The minimum absolute atomic E-state index is 0.0457. The van der Waals surface area contributed by atoms with E-state index in [1.54, 1.807) is 12.1 Å². The summed E-state index contributed by atoms with van der Waals surface area (Å²) in [7, 11) is -3.96. The molecule has 9 heteroatoms. The molecule has 0 bridgehead atoms. The van der Waals surface area contributed by atoms with Crippen LogP contribution in [0, 0.1) is 0 Å². The molecule has 2 N–H and O–H groups in total. The Morgan fingerprint density at radius 2 is 1.88 bits per heavy atom. The first-order valence-electron chi connectivity index (χ1n) is 7.58. The normalized spacial score (nSPS) is 18.2. The summed E-state index contributed by atoms with van der Waals surface area (Å²) in [6.07, 6.45) is 0.260. The highest BCUT2D eigenvalue weighted by molar-refractivity contribution is 7.89. The van der Waals surface area contributed by atoms with Gasteiger partial charge in [0.25, 0.3) is 0 Å². The van der Waals surface area contributed by atoms with Gasteiger partial charge in [0, 0.05) is 6.54 Å². The van der Waals surface area contributed by atoms with Gasteiger partial charge in [0.15, 0.2) is 0 Å². The lowest BCUT2D eigenvalue weighted by Crippen LogP contribution is -2.51. The molecule has 1 aliphatic heterocycles. The zero-order valence-electron chi connectivity index (χ0n) is 13.0. The first kappa shape index (κ1) is 16.1. The van der Waals surface area contributed by atoms with Gasteiger partial charge in [0.2, 0.25) is 15.9 Å². The van der Waals surface area contributed by atoms with Crippen LogP contribution in [0.2, 0.25) is 0 Å². The molecular weight excluding hydrogens is 360 g/mol. The number of benzene rings is 2. The lowest BCUT2D eigenvalue weighted by Gasteiger charge is -2.34. The second-order valence-electron chi connectivity index (χ2n) is 5.83. The summed E-state index contributed by atoms with van der Waals surface area (Å²) in [6.45, 7) is 0.0973. The molecular formula is C16H14N4O3S2. The minimum Gasteiger partial charge on any atom is -0.368 e. The third-order valence-corrected chi connectivity index (χ3v) is 6.80. The SMILES string of the molecule is NC(=O)C1Cc2ccccc2CN1S(=O)(=O)c1cccc2nsnc12. The quantitative estimate of drug-likeness (QED) is 0.743. The summed E-state index contributed by atoms with van der Waals surface area (Å²) in [5, 5.41) is 0. The molecule has 0 spiro atoms. The number of fused-ring (bicyclic) bond motifs is 2. The number of hydrogen-bond acceptors (Lipinski definition) is 6. The molecule has 1 unspecified atom stereocenters. The summed E-state index contributed by atoms with van der Waals surface area (Å²) >= 11 is 0.951. The Bertz CT molecular complexity index is 1080. The molecule has 0 saturated heterocycles. The van der Waals surface area contributed by atoms with Crippen molar-refractivity contribution in [2.75, 3.05) is 0 Å². The second-order valence-corrected chi connectivity index (χ2v) is 8.22. The van der Waals surface area contributed by atoms with Gasteiger partial charge in [0.05, 0.1) is 11.7 Å². The van der Waals surface area contributed by atoms with Crippen LogP contribution < -0.4 is 5.73 Å². The minimum atomic E-state index is -3.96. The van der Waals surface area contributed by atoms with Crippen molar-refractivity contribution in [1.29, 1.82) is 0 Å². The number of aromatic nitrogens is 2. The Kier molecular flexibility index (Phi) is 3.78. The van der Waals surface area contributed by atoms with Crippen molar-refractivity contribution in [3.63, 3.8) is 0 Å². The molecule has 7 nitrogen and oxygen atoms in total. The van der Waals surface area contributed by atoms with Gasteiger partial charge in [0.1, 0.15) is 22.0 Å². The van der Waals surface area contributed by atoms with Gasteiger partial charge >= 0.3 is 0 Å². The summed E-state index contributed by atoms with van der Waals surface area (Å²) in [5.41, 5.74) is 8.14. The van der Waals surface area contributed by atoms with E-state index in [4.69, 9.17) is 5.73 Å². The highest BCUT2D eigenvalue weighted by Gasteiger charge is 2.39. The number of sulfonamides is 1. The van der Waals surface area contributed by atoms with Crippen LogP contribution in [-0.4, -0.2) is 33.4 Å². The van der Waals surface area contributed by atoms with E-state index in [1.807, 2.05) is 24.3 Å². The Hall–Kier alpha value is -2.36. The molecule has 1 aliphatic rings. The maximum atomic E-state index is 13.3. The third-order valence-electron chi connectivity index (χ3n) is 4.37. The Labute approximate surface area is 148 Å². The van der Waals surface area contributed by atoms with Crippen molar-refractivity contribution in [3.8, 4) is 0 Å². The molecule has 2 aromatic carbocycles. The summed E-state index contributed by atoms with van der Waals surface area (Å²) in [6, 6.07) is 11.3. The van der Waals surface area contributed by atoms with Crippen LogP contribution in [0.5, 0.6) is 0 Å². The highest BCUT2D eigenvalue weighted by Crippen LogP contribution is 2.31. The molecule has 1 amide bonds. The van der Waals surface area contributed by atoms with Crippen LogP contribution in [0.3, 0.4) is 0 Å². The number of carbonyl (C=O) groups excluding carboxylic acids is 1. The van der Waals surface area contributed by atoms with E-state index in [0.29, 0.717) is 11.0 Å². The predicted molar refractivity (Wildman–Crippen MR) is 93.3 cm³/mol. The Morgan fingerprint density at radius 1 is 1.12 bits per heavy atom. The van der Waals surface area contributed by atoms with Gasteiger partial charge in [-0.25, -0.2) is 8.42 Å². The monoisotopic (exact) mass is 374 g/mol. The second kappa shape index (κ2) is 5.87. The summed E-state index contributed by atoms with van der Waals surface area (Å²) in [4.78, 5) is 12.0. The molecule has 1 aromatic heterocycles. The van der Waals surface area contributed by atoms with Crippen molar-refractivity contribution in [2.45, 2.75) is 23.9 Å². The number of nitrogens with two attached hydrogens (primary N) is 1. The predicted octanol–water partition coefficient (Wildman–Crippen LogP) is 1.29. The fourth-order valence-corrected chi connectivity index (χ4v) is 5.44. The molecule has 0 fully saturated rings. The van der Waals surface area contributed by atoms with Crippen LogP contribution in [0.15, 0.2) is 47.4 Å². The van der Waals surface area contributed by atoms with Crippen molar-refractivity contribution >= 4 is 38.7 Å². The van der Waals surface area contributed by atoms with Crippen LogP contribution in [0.1, 0.15) is 11.1 Å². The van der Waals surface area contributed by atoms with Crippen molar-refractivity contribution in [1.82, 2.24) is 13.1 Å². The van der Waals surface area contributed by atoms with Gasteiger partial charge in [-0.05, 0) is 29.7 Å². The topological polar surface area (TPSA) is 106 Å². The molecule has 128 valence electrons.